The molecule has 0 radical (unpaired) electrons. The first kappa shape index (κ1) is 25.1. The average Bonchev–Trinajstić information content (AvgIpc) is 2.77. The summed E-state index contributed by atoms with van der Waals surface area (Å²) in [6.07, 6.45) is -0.240. The average molecular weight is 463 g/mol. The number of methoxy groups -OCH3 is 1. The van der Waals surface area contributed by atoms with Gasteiger partial charge in [0.15, 0.2) is 0 Å². The third-order valence-corrected chi connectivity index (χ3v) is 5.67. The van der Waals surface area contributed by atoms with Gasteiger partial charge in [0.1, 0.15) is 5.60 Å². The maximum Gasteiger partial charge on any atom is 0.412 e. The minimum atomic E-state index is -0.590. The molecule has 0 aliphatic rings. The van der Waals surface area contributed by atoms with Crippen LogP contribution in [0.5, 0.6) is 0 Å². The van der Waals surface area contributed by atoms with Crippen molar-refractivity contribution in [1.29, 1.82) is 0 Å². The predicted molar refractivity (Wildman–Crippen MR) is 137 cm³/mol. The third-order valence-electron chi connectivity index (χ3n) is 5.67. The maximum atomic E-state index is 12.4. The molecule has 1 N–H and O–H groups in total. The van der Waals surface area contributed by atoms with Gasteiger partial charge in [-0.1, -0.05) is 48.5 Å². The van der Waals surface area contributed by atoms with Crippen molar-refractivity contribution in [2.75, 3.05) is 17.3 Å². The van der Waals surface area contributed by atoms with Crippen molar-refractivity contribution < 1.29 is 19.1 Å². The van der Waals surface area contributed by atoms with E-state index in [1.165, 1.54) is 18.2 Å². The molecule has 0 saturated carbocycles. The Morgan fingerprint density at radius 3 is 2.26 bits per heavy atom. The number of carbonyl (C=O) groups is 2. The number of esters is 1. The fourth-order valence-corrected chi connectivity index (χ4v) is 3.94. The second-order valence-corrected chi connectivity index (χ2v) is 9.49. The Bertz CT molecular complexity index is 1170. The Morgan fingerprint density at radius 1 is 0.971 bits per heavy atom. The number of rotatable bonds is 7. The van der Waals surface area contributed by atoms with Crippen molar-refractivity contribution in [2.24, 2.45) is 0 Å². The number of ether oxygens (including phenoxy) is 2. The molecule has 34 heavy (non-hydrogen) atoms. The standard InChI is InChI=1S/C28H34N2O4/c1-19-11-7-8-12-21(19)18-30(20(2)17-26(31)33-6)25-16-15-24(22-13-9-10-14-23(22)25)29-27(32)34-28(3,4)5/h7-16,20H,17-18H2,1-6H3,(H,29,32). The molecule has 0 aliphatic carbocycles. The summed E-state index contributed by atoms with van der Waals surface area (Å²) in [6, 6.07) is 19.9. The summed E-state index contributed by atoms with van der Waals surface area (Å²) >= 11 is 0. The Morgan fingerprint density at radius 2 is 1.62 bits per heavy atom. The van der Waals surface area contributed by atoms with Gasteiger partial charge in [0.2, 0.25) is 0 Å². The van der Waals surface area contributed by atoms with Crippen LogP contribution in [0.1, 0.15) is 45.2 Å². The summed E-state index contributed by atoms with van der Waals surface area (Å²) in [5, 5.41) is 4.75. The van der Waals surface area contributed by atoms with E-state index in [1.807, 2.05) is 76.2 Å². The second-order valence-electron chi connectivity index (χ2n) is 9.49. The summed E-state index contributed by atoms with van der Waals surface area (Å²) in [6.45, 7) is 10.2. The molecule has 0 bridgehead atoms. The van der Waals surface area contributed by atoms with Gasteiger partial charge in [-0.25, -0.2) is 4.79 Å². The monoisotopic (exact) mass is 462 g/mol. The molecule has 1 atom stereocenters. The fraction of sp³-hybridized carbons (Fsp3) is 0.357. The Balaban J connectivity index is 2.05. The van der Waals surface area contributed by atoms with E-state index >= 15 is 0 Å². The van der Waals surface area contributed by atoms with Crippen LogP contribution in [0.3, 0.4) is 0 Å². The number of nitrogens with zero attached hydrogens (tertiary/aromatic N) is 1. The van der Waals surface area contributed by atoms with Gasteiger partial charge >= 0.3 is 12.1 Å². The zero-order chi connectivity index (χ0) is 24.9. The number of aryl methyl sites for hydroxylation is 1. The molecule has 0 aliphatic heterocycles. The quantitative estimate of drug-likeness (QED) is 0.409. The van der Waals surface area contributed by atoms with Crippen molar-refractivity contribution in [3.8, 4) is 0 Å². The molecule has 3 aromatic carbocycles. The second kappa shape index (κ2) is 10.6. The van der Waals surface area contributed by atoms with Crippen LogP contribution in [-0.4, -0.2) is 30.8 Å². The number of nitrogens with one attached hydrogen (secondary N) is 1. The first-order valence-electron chi connectivity index (χ1n) is 11.5. The van der Waals surface area contributed by atoms with Gasteiger partial charge in [-0.15, -0.1) is 0 Å². The van der Waals surface area contributed by atoms with Crippen LogP contribution in [0, 0.1) is 6.92 Å². The maximum absolute atomic E-state index is 12.4. The van der Waals surface area contributed by atoms with E-state index in [-0.39, 0.29) is 18.4 Å². The largest absolute Gasteiger partial charge is 0.469 e. The number of carbonyl (C=O) groups excluding carboxylic acids is 2. The van der Waals surface area contributed by atoms with Crippen LogP contribution in [0.4, 0.5) is 16.2 Å². The molecular weight excluding hydrogens is 428 g/mol. The highest BCUT2D eigenvalue weighted by Gasteiger charge is 2.23. The van der Waals surface area contributed by atoms with Crippen LogP contribution in [0.15, 0.2) is 60.7 Å². The van der Waals surface area contributed by atoms with E-state index in [9.17, 15) is 9.59 Å². The molecule has 0 aromatic heterocycles. The highest BCUT2D eigenvalue weighted by molar-refractivity contribution is 6.05. The van der Waals surface area contributed by atoms with Gasteiger partial charge in [-0.05, 0) is 57.9 Å². The van der Waals surface area contributed by atoms with Crippen molar-refractivity contribution >= 4 is 34.2 Å². The van der Waals surface area contributed by atoms with Gasteiger partial charge in [0.25, 0.3) is 0 Å². The lowest BCUT2D eigenvalue weighted by Gasteiger charge is -2.33. The van der Waals surface area contributed by atoms with Crippen molar-refractivity contribution in [1.82, 2.24) is 0 Å². The molecule has 6 heteroatoms. The summed E-state index contributed by atoms with van der Waals surface area (Å²) in [7, 11) is 1.41. The van der Waals surface area contributed by atoms with Gasteiger partial charge in [-0.3, -0.25) is 10.1 Å². The van der Waals surface area contributed by atoms with E-state index in [4.69, 9.17) is 9.47 Å². The SMILES string of the molecule is COC(=O)CC(C)N(Cc1ccccc1C)c1ccc(NC(=O)OC(C)(C)C)c2ccccc12. The van der Waals surface area contributed by atoms with Crippen molar-refractivity contribution in [3.63, 3.8) is 0 Å². The topological polar surface area (TPSA) is 67.9 Å². The zero-order valence-corrected chi connectivity index (χ0v) is 20.8. The van der Waals surface area contributed by atoms with Gasteiger partial charge < -0.3 is 14.4 Å². The van der Waals surface area contributed by atoms with Crippen LogP contribution >= 0.6 is 0 Å². The Kier molecular flexibility index (Phi) is 7.82. The number of fused-ring (bicyclic) bond motifs is 1. The molecule has 0 spiro atoms. The zero-order valence-electron chi connectivity index (χ0n) is 20.8. The predicted octanol–water partition coefficient (Wildman–Crippen LogP) is 6.45. The van der Waals surface area contributed by atoms with Crippen LogP contribution in [-0.2, 0) is 20.8 Å². The van der Waals surface area contributed by atoms with Gasteiger partial charge in [0, 0.05) is 29.0 Å². The van der Waals surface area contributed by atoms with E-state index in [0.717, 1.165) is 16.5 Å². The normalized spacial score (nSPS) is 12.2. The van der Waals surface area contributed by atoms with Crippen LogP contribution in [0.25, 0.3) is 10.8 Å². The minimum Gasteiger partial charge on any atom is -0.469 e. The molecule has 3 rings (SSSR count). The lowest BCUT2D eigenvalue weighted by Crippen LogP contribution is -2.35. The summed E-state index contributed by atoms with van der Waals surface area (Å²) in [5.41, 5.74) is 3.42. The first-order chi connectivity index (χ1) is 16.1. The summed E-state index contributed by atoms with van der Waals surface area (Å²) in [5.74, 6) is -0.255. The van der Waals surface area contributed by atoms with E-state index in [0.29, 0.717) is 12.2 Å². The molecule has 1 unspecified atom stereocenters. The van der Waals surface area contributed by atoms with Crippen molar-refractivity contribution in [3.05, 3.63) is 71.8 Å². The minimum absolute atomic E-state index is 0.111. The molecule has 180 valence electrons. The molecule has 1 amide bonds. The van der Waals surface area contributed by atoms with Crippen LogP contribution < -0.4 is 10.2 Å². The van der Waals surface area contributed by atoms with Gasteiger partial charge in [-0.2, -0.15) is 0 Å². The molecule has 0 saturated heterocycles. The smallest absolute Gasteiger partial charge is 0.412 e. The fourth-order valence-electron chi connectivity index (χ4n) is 3.94. The highest BCUT2D eigenvalue weighted by Crippen LogP contribution is 2.35. The van der Waals surface area contributed by atoms with Crippen molar-refractivity contribution in [2.45, 2.75) is 59.2 Å². The lowest BCUT2D eigenvalue weighted by atomic mass is 10.0. The molecule has 3 aromatic rings. The number of benzene rings is 3. The van der Waals surface area contributed by atoms with Gasteiger partial charge in [0.05, 0.1) is 19.2 Å². The van der Waals surface area contributed by atoms with E-state index in [2.05, 4.69) is 29.3 Å². The van der Waals surface area contributed by atoms with E-state index in [1.54, 1.807) is 0 Å². The lowest BCUT2D eigenvalue weighted by molar-refractivity contribution is -0.140. The molecule has 0 fully saturated rings. The summed E-state index contributed by atoms with van der Waals surface area (Å²) < 4.78 is 10.4. The Labute approximate surface area is 201 Å². The summed E-state index contributed by atoms with van der Waals surface area (Å²) in [4.78, 5) is 26.8. The Hall–Kier alpha value is -3.54. The van der Waals surface area contributed by atoms with Crippen LogP contribution in [0.2, 0.25) is 0 Å². The molecule has 0 heterocycles. The van der Waals surface area contributed by atoms with E-state index < -0.39 is 11.7 Å². The number of amides is 1. The number of hydrogen-bond acceptors (Lipinski definition) is 5. The molecule has 6 nitrogen and oxygen atoms in total. The first-order valence-corrected chi connectivity index (χ1v) is 11.5. The number of hydrogen-bond donors (Lipinski definition) is 1. The number of anilines is 2. The highest BCUT2D eigenvalue weighted by atomic mass is 16.6. The third kappa shape index (κ3) is 6.28. The molecular formula is C28H34N2O4.